The van der Waals surface area contributed by atoms with Gasteiger partial charge in [0.05, 0.1) is 0 Å². The fraction of sp³-hybridized carbons (Fsp3) is 0.400. The Balaban J connectivity index is 2.31. The van der Waals surface area contributed by atoms with Crippen molar-refractivity contribution in [3.05, 3.63) is 35.5 Å². The third-order valence-corrected chi connectivity index (χ3v) is 2.18. The van der Waals surface area contributed by atoms with Crippen LogP contribution in [0, 0.1) is 0 Å². The Morgan fingerprint density at radius 1 is 1.30 bits per heavy atom. The summed E-state index contributed by atoms with van der Waals surface area (Å²) in [7, 11) is 0. The highest BCUT2D eigenvalue weighted by atomic mass is 14.1. The number of hydrogen-bond donors (Lipinski definition) is 0. The molecule has 0 N–H and O–H groups in total. The van der Waals surface area contributed by atoms with Gasteiger partial charge in [-0.15, -0.1) is 0 Å². The summed E-state index contributed by atoms with van der Waals surface area (Å²) in [6, 6.07) is 0. The highest BCUT2D eigenvalue weighted by molar-refractivity contribution is 5.35. The van der Waals surface area contributed by atoms with Gasteiger partial charge < -0.3 is 0 Å². The number of rotatable bonds is 0. The number of fused-ring (bicyclic) bond motifs is 2. The monoisotopic (exact) mass is 132 g/mol. The Labute approximate surface area is 61.9 Å². The fourth-order valence-electron chi connectivity index (χ4n) is 1.62. The topological polar surface area (TPSA) is 0 Å². The highest BCUT2D eigenvalue weighted by Crippen LogP contribution is 2.26. The van der Waals surface area contributed by atoms with Crippen LogP contribution in [-0.4, -0.2) is 0 Å². The molecule has 2 rings (SSSR count). The summed E-state index contributed by atoms with van der Waals surface area (Å²) in [5.41, 5.74) is 3.14. The van der Waals surface area contributed by atoms with Gasteiger partial charge in [-0.25, -0.2) is 0 Å². The summed E-state index contributed by atoms with van der Waals surface area (Å²) < 4.78 is 0. The molecule has 10 heavy (non-hydrogen) atoms. The predicted molar refractivity (Wildman–Crippen MR) is 43.8 cm³/mol. The molecular weight excluding hydrogens is 120 g/mol. The molecule has 0 saturated carbocycles. The first-order valence-corrected chi connectivity index (χ1v) is 4.00. The van der Waals surface area contributed by atoms with E-state index in [9.17, 15) is 0 Å². The Hall–Kier alpha value is -0.780. The first-order valence-electron chi connectivity index (χ1n) is 4.00. The summed E-state index contributed by atoms with van der Waals surface area (Å²) in [5, 5.41) is 0. The maximum Gasteiger partial charge on any atom is -0.00671 e. The van der Waals surface area contributed by atoms with Gasteiger partial charge in [-0.2, -0.15) is 0 Å². The summed E-state index contributed by atoms with van der Waals surface area (Å²) in [6.07, 6.45) is 14.2. The third-order valence-electron chi connectivity index (χ3n) is 2.18. The molecule has 0 unspecified atom stereocenters. The van der Waals surface area contributed by atoms with Crippen LogP contribution in [0.1, 0.15) is 25.7 Å². The van der Waals surface area contributed by atoms with Gasteiger partial charge in [-0.05, 0) is 31.3 Å². The van der Waals surface area contributed by atoms with E-state index in [4.69, 9.17) is 0 Å². The predicted octanol–water partition coefficient (Wildman–Crippen LogP) is 2.98. The van der Waals surface area contributed by atoms with Crippen LogP contribution in [0.4, 0.5) is 0 Å². The molecule has 0 radical (unpaired) electrons. The first-order chi connectivity index (χ1) is 4.95. The van der Waals surface area contributed by atoms with Crippen LogP contribution >= 0.6 is 0 Å². The number of hydrogen-bond acceptors (Lipinski definition) is 0. The largest absolute Gasteiger partial charge is 0.0810 e. The van der Waals surface area contributed by atoms with E-state index in [0.29, 0.717) is 0 Å². The van der Waals surface area contributed by atoms with Gasteiger partial charge in [0.2, 0.25) is 0 Å². The SMILES string of the molecule is C1=CC2=CCCCC(=C1)C2. The summed E-state index contributed by atoms with van der Waals surface area (Å²) in [5.74, 6) is 0. The molecule has 0 aromatic rings. The Morgan fingerprint density at radius 2 is 2.30 bits per heavy atom. The zero-order valence-corrected chi connectivity index (χ0v) is 6.14. The lowest BCUT2D eigenvalue weighted by molar-refractivity contribution is 0.837. The smallest absolute Gasteiger partial charge is 0.00671 e. The van der Waals surface area contributed by atoms with Crippen molar-refractivity contribution < 1.29 is 0 Å². The van der Waals surface area contributed by atoms with Crippen molar-refractivity contribution >= 4 is 0 Å². The normalized spacial score (nSPS) is 23.2. The lowest BCUT2D eigenvalue weighted by Crippen LogP contribution is -1.86. The molecule has 0 saturated heterocycles. The molecule has 0 fully saturated rings. The minimum Gasteiger partial charge on any atom is -0.0810 e. The molecule has 2 bridgehead atoms. The summed E-state index contributed by atoms with van der Waals surface area (Å²) in [4.78, 5) is 0. The van der Waals surface area contributed by atoms with E-state index in [-0.39, 0.29) is 0 Å². The van der Waals surface area contributed by atoms with E-state index in [2.05, 4.69) is 24.3 Å². The van der Waals surface area contributed by atoms with Crippen LogP contribution in [0.15, 0.2) is 35.5 Å². The fourth-order valence-corrected chi connectivity index (χ4v) is 1.62. The molecule has 0 aromatic carbocycles. The van der Waals surface area contributed by atoms with E-state index in [1.54, 1.807) is 5.57 Å². The molecule has 0 aliphatic heterocycles. The maximum atomic E-state index is 2.37. The molecule has 2 aliphatic rings. The zero-order chi connectivity index (χ0) is 6.81. The third kappa shape index (κ3) is 1.06. The summed E-state index contributed by atoms with van der Waals surface area (Å²) >= 11 is 0. The van der Waals surface area contributed by atoms with Crippen molar-refractivity contribution in [2.75, 3.05) is 0 Å². The molecule has 0 spiro atoms. The van der Waals surface area contributed by atoms with Crippen LogP contribution in [0.5, 0.6) is 0 Å². The van der Waals surface area contributed by atoms with Crippen LogP contribution in [0.3, 0.4) is 0 Å². The second kappa shape index (κ2) is 2.45. The second-order valence-corrected chi connectivity index (χ2v) is 3.03. The van der Waals surface area contributed by atoms with Gasteiger partial charge in [0, 0.05) is 0 Å². The van der Waals surface area contributed by atoms with Crippen LogP contribution in [-0.2, 0) is 0 Å². The molecule has 0 aromatic heterocycles. The molecule has 0 nitrogen and oxygen atoms in total. The van der Waals surface area contributed by atoms with Crippen LogP contribution in [0.25, 0.3) is 0 Å². The zero-order valence-electron chi connectivity index (χ0n) is 6.14. The van der Waals surface area contributed by atoms with Crippen molar-refractivity contribution in [2.24, 2.45) is 0 Å². The number of allylic oxidation sites excluding steroid dienone is 6. The Kier molecular flexibility index (Phi) is 1.46. The first kappa shape index (κ1) is 5.96. The van der Waals surface area contributed by atoms with Crippen LogP contribution < -0.4 is 0 Å². The van der Waals surface area contributed by atoms with Gasteiger partial charge in [0.15, 0.2) is 0 Å². The van der Waals surface area contributed by atoms with Gasteiger partial charge in [-0.1, -0.05) is 29.9 Å². The maximum absolute atomic E-state index is 2.37. The van der Waals surface area contributed by atoms with E-state index in [0.717, 1.165) is 0 Å². The summed E-state index contributed by atoms with van der Waals surface area (Å²) in [6.45, 7) is 0. The van der Waals surface area contributed by atoms with Crippen molar-refractivity contribution in [3.63, 3.8) is 0 Å². The molecular formula is C10H12. The van der Waals surface area contributed by atoms with Gasteiger partial charge in [0.25, 0.3) is 0 Å². The standard InChI is InChI=1S/C10H12/c1-2-5-10-7-3-6-9(4-1)8-10/h3-4,6-7H,1-2,5,8H2. The molecule has 0 atom stereocenters. The van der Waals surface area contributed by atoms with Crippen molar-refractivity contribution in [1.82, 2.24) is 0 Å². The average molecular weight is 132 g/mol. The van der Waals surface area contributed by atoms with Gasteiger partial charge >= 0.3 is 0 Å². The average Bonchev–Trinajstić information content (AvgIpc) is 2.12. The van der Waals surface area contributed by atoms with Gasteiger partial charge in [-0.3, -0.25) is 0 Å². The van der Waals surface area contributed by atoms with Crippen molar-refractivity contribution in [2.45, 2.75) is 25.7 Å². The van der Waals surface area contributed by atoms with E-state index >= 15 is 0 Å². The Morgan fingerprint density at radius 3 is 3.30 bits per heavy atom. The molecule has 0 amide bonds. The van der Waals surface area contributed by atoms with E-state index in [1.807, 2.05) is 0 Å². The highest BCUT2D eigenvalue weighted by Gasteiger charge is 2.06. The van der Waals surface area contributed by atoms with Gasteiger partial charge in [0.1, 0.15) is 0 Å². The second-order valence-electron chi connectivity index (χ2n) is 3.03. The van der Waals surface area contributed by atoms with Crippen molar-refractivity contribution in [3.8, 4) is 0 Å². The molecule has 2 aliphatic carbocycles. The lowest BCUT2D eigenvalue weighted by atomic mass is 10.00. The Bertz CT molecular complexity index is 216. The minimum absolute atomic E-state index is 1.22. The van der Waals surface area contributed by atoms with E-state index < -0.39 is 0 Å². The van der Waals surface area contributed by atoms with Crippen molar-refractivity contribution in [1.29, 1.82) is 0 Å². The lowest BCUT2D eigenvalue weighted by Gasteiger charge is -2.06. The molecule has 0 heteroatoms. The quantitative estimate of drug-likeness (QED) is 0.475. The van der Waals surface area contributed by atoms with Crippen LogP contribution in [0.2, 0.25) is 0 Å². The molecule has 52 valence electrons. The van der Waals surface area contributed by atoms with E-state index in [1.165, 1.54) is 31.3 Å². The molecule has 0 heterocycles. The minimum atomic E-state index is 1.22.